The number of aromatic nitrogens is 2. The first-order valence-corrected chi connectivity index (χ1v) is 11.0. The second-order valence-corrected chi connectivity index (χ2v) is 8.49. The molecular weight excluding hydrogens is 510 g/mol. The molecule has 0 bridgehead atoms. The average molecular weight is 527 g/mol. The lowest BCUT2D eigenvalue weighted by atomic mass is 10.1. The molecule has 0 amide bonds. The molecule has 9 heteroatoms. The number of rotatable bonds is 6. The quantitative estimate of drug-likeness (QED) is 0.345. The number of hydrogen-bond donors (Lipinski definition) is 1. The molecule has 1 heterocycles. The minimum absolute atomic E-state index is 0.212. The van der Waals surface area contributed by atoms with Gasteiger partial charge in [0.2, 0.25) is 0 Å². The Bertz CT molecular complexity index is 1450. The van der Waals surface area contributed by atoms with Gasteiger partial charge in [0.1, 0.15) is 18.2 Å². The van der Waals surface area contributed by atoms with Crippen LogP contribution in [0, 0.1) is 6.92 Å². The molecule has 0 radical (unpaired) electrons. The fourth-order valence-electron chi connectivity index (χ4n) is 3.14. The maximum absolute atomic E-state index is 12.8. The van der Waals surface area contributed by atoms with Crippen molar-refractivity contribution in [1.82, 2.24) is 9.66 Å². The van der Waals surface area contributed by atoms with Crippen molar-refractivity contribution in [3.05, 3.63) is 103 Å². The van der Waals surface area contributed by atoms with Gasteiger partial charge in [-0.2, -0.15) is 9.78 Å². The van der Waals surface area contributed by atoms with Gasteiger partial charge in [-0.15, -0.1) is 0 Å². The third-order valence-corrected chi connectivity index (χ3v) is 5.63. The van der Waals surface area contributed by atoms with Gasteiger partial charge in [-0.3, -0.25) is 4.79 Å². The van der Waals surface area contributed by atoms with Crippen LogP contribution in [-0.2, 0) is 6.61 Å². The largest absolute Gasteiger partial charge is 0.487 e. The number of carboxylic acid groups (broad SMARTS) is 1. The molecule has 0 spiro atoms. The molecular formula is C24H17BrClN3O4. The molecule has 0 saturated heterocycles. The summed E-state index contributed by atoms with van der Waals surface area (Å²) in [6.07, 6.45) is 1.53. The van der Waals surface area contributed by atoms with E-state index in [9.17, 15) is 9.59 Å². The SMILES string of the molecule is Cc1nc2ccc(Br)cc2c(=O)n1N=Cc1ccc(OCc2ccc(C(=O)O)cc2)c(Cl)c1. The summed E-state index contributed by atoms with van der Waals surface area (Å²) in [6.45, 7) is 1.95. The Kier molecular flexibility index (Phi) is 6.57. The first-order chi connectivity index (χ1) is 15.8. The van der Waals surface area contributed by atoms with E-state index >= 15 is 0 Å². The van der Waals surface area contributed by atoms with E-state index < -0.39 is 5.97 Å². The van der Waals surface area contributed by atoms with E-state index in [2.05, 4.69) is 26.0 Å². The zero-order chi connectivity index (χ0) is 23.5. The Labute approximate surface area is 202 Å². The van der Waals surface area contributed by atoms with Gasteiger partial charge < -0.3 is 9.84 Å². The molecule has 0 saturated carbocycles. The van der Waals surface area contributed by atoms with Crippen LogP contribution in [0.2, 0.25) is 5.02 Å². The predicted molar refractivity (Wildman–Crippen MR) is 131 cm³/mol. The number of aryl methyl sites for hydroxylation is 1. The van der Waals surface area contributed by atoms with Crippen LogP contribution in [0.25, 0.3) is 10.9 Å². The topological polar surface area (TPSA) is 93.8 Å². The van der Waals surface area contributed by atoms with Crippen LogP contribution in [-0.4, -0.2) is 27.0 Å². The van der Waals surface area contributed by atoms with E-state index in [1.165, 1.54) is 23.0 Å². The van der Waals surface area contributed by atoms with Crippen LogP contribution < -0.4 is 10.3 Å². The smallest absolute Gasteiger partial charge is 0.335 e. The molecule has 4 aromatic rings. The van der Waals surface area contributed by atoms with Crippen molar-refractivity contribution < 1.29 is 14.6 Å². The molecule has 0 fully saturated rings. The van der Waals surface area contributed by atoms with Crippen molar-refractivity contribution in [3.8, 4) is 5.75 Å². The average Bonchev–Trinajstić information content (AvgIpc) is 2.79. The first-order valence-electron chi connectivity index (χ1n) is 9.79. The second-order valence-electron chi connectivity index (χ2n) is 7.16. The summed E-state index contributed by atoms with van der Waals surface area (Å²) in [5.41, 5.74) is 2.04. The molecule has 33 heavy (non-hydrogen) atoms. The van der Waals surface area contributed by atoms with Crippen LogP contribution in [0.4, 0.5) is 0 Å². The molecule has 166 valence electrons. The van der Waals surface area contributed by atoms with Gasteiger partial charge in [0.15, 0.2) is 0 Å². The Balaban J connectivity index is 1.51. The van der Waals surface area contributed by atoms with Crippen LogP contribution >= 0.6 is 27.5 Å². The van der Waals surface area contributed by atoms with Gasteiger partial charge in [0, 0.05) is 4.47 Å². The molecule has 4 rings (SSSR count). The van der Waals surface area contributed by atoms with Crippen molar-refractivity contribution in [2.75, 3.05) is 0 Å². The zero-order valence-electron chi connectivity index (χ0n) is 17.3. The molecule has 3 aromatic carbocycles. The number of benzene rings is 3. The van der Waals surface area contributed by atoms with Crippen molar-refractivity contribution in [2.45, 2.75) is 13.5 Å². The zero-order valence-corrected chi connectivity index (χ0v) is 19.7. The van der Waals surface area contributed by atoms with E-state index in [0.717, 1.165) is 10.0 Å². The van der Waals surface area contributed by atoms with Gasteiger partial charge >= 0.3 is 5.97 Å². The lowest BCUT2D eigenvalue weighted by Crippen LogP contribution is -2.20. The van der Waals surface area contributed by atoms with Gasteiger partial charge in [-0.05, 0) is 66.6 Å². The van der Waals surface area contributed by atoms with E-state index in [0.29, 0.717) is 33.1 Å². The van der Waals surface area contributed by atoms with E-state index in [1.54, 1.807) is 49.4 Å². The van der Waals surface area contributed by atoms with Gasteiger partial charge in [0.05, 0.1) is 27.7 Å². The number of ether oxygens (including phenoxy) is 1. The molecule has 0 aliphatic heterocycles. The molecule has 1 aromatic heterocycles. The van der Waals surface area contributed by atoms with Crippen molar-refractivity contribution in [1.29, 1.82) is 0 Å². The summed E-state index contributed by atoms with van der Waals surface area (Å²) in [5, 5.41) is 14.1. The van der Waals surface area contributed by atoms with Crippen molar-refractivity contribution >= 4 is 50.6 Å². The van der Waals surface area contributed by atoms with Crippen molar-refractivity contribution in [3.63, 3.8) is 0 Å². The highest BCUT2D eigenvalue weighted by Gasteiger charge is 2.09. The number of aromatic carboxylic acids is 1. The van der Waals surface area contributed by atoms with Crippen LogP contribution in [0.5, 0.6) is 5.75 Å². The lowest BCUT2D eigenvalue weighted by molar-refractivity contribution is 0.0697. The maximum atomic E-state index is 12.8. The van der Waals surface area contributed by atoms with Gasteiger partial charge in [0.25, 0.3) is 5.56 Å². The second kappa shape index (κ2) is 9.56. The lowest BCUT2D eigenvalue weighted by Gasteiger charge is -2.09. The molecule has 7 nitrogen and oxygen atoms in total. The highest BCUT2D eigenvalue weighted by atomic mass is 79.9. The summed E-state index contributed by atoms with van der Waals surface area (Å²) in [6, 6.07) is 16.9. The van der Waals surface area contributed by atoms with Crippen LogP contribution in [0.3, 0.4) is 0 Å². The summed E-state index contributed by atoms with van der Waals surface area (Å²) in [7, 11) is 0. The summed E-state index contributed by atoms with van der Waals surface area (Å²) in [5.74, 6) is -0.0414. The Morgan fingerprint density at radius 3 is 2.64 bits per heavy atom. The molecule has 1 N–H and O–H groups in total. The fourth-order valence-corrected chi connectivity index (χ4v) is 3.74. The number of carboxylic acids is 1. The monoisotopic (exact) mass is 525 g/mol. The highest BCUT2D eigenvalue weighted by molar-refractivity contribution is 9.10. The van der Waals surface area contributed by atoms with E-state index in [4.69, 9.17) is 21.4 Å². The summed E-state index contributed by atoms with van der Waals surface area (Å²) >= 11 is 9.72. The maximum Gasteiger partial charge on any atom is 0.335 e. The van der Waals surface area contributed by atoms with E-state index in [-0.39, 0.29) is 17.7 Å². The number of hydrogen-bond acceptors (Lipinski definition) is 5. The van der Waals surface area contributed by atoms with E-state index in [1.807, 2.05) is 6.07 Å². The highest BCUT2D eigenvalue weighted by Crippen LogP contribution is 2.26. The number of fused-ring (bicyclic) bond motifs is 1. The fraction of sp³-hybridized carbons (Fsp3) is 0.0833. The first kappa shape index (κ1) is 22.7. The Hall–Kier alpha value is -3.49. The predicted octanol–water partition coefficient (Wildman–Crippen LogP) is 5.28. The third-order valence-electron chi connectivity index (χ3n) is 4.84. The standard InChI is InChI=1S/C24H17BrClN3O4/c1-14-28-21-8-7-18(25)11-19(21)23(30)29(14)27-12-16-4-9-22(20(26)10-16)33-13-15-2-5-17(6-3-15)24(31)32/h2-12H,13H2,1H3,(H,31,32). The Morgan fingerprint density at radius 1 is 1.18 bits per heavy atom. The minimum atomic E-state index is -0.979. The molecule has 0 aliphatic rings. The number of halogens is 2. The number of nitrogens with zero attached hydrogens (tertiary/aromatic N) is 3. The third kappa shape index (κ3) is 5.13. The van der Waals surface area contributed by atoms with Gasteiger partial charge in [-0.25, -0.2) is 9.78 Å². The summed E-state index contributed by atoms with van der Waals surface area (Å²) < 4.78 is 7.77. The Morgan fingerprint density at radius 2 is 1.94 bits per heavy atom. The number of carbonyl (C=O) groups is 1. The molecule has 0 atom stereocenters. The molecule has 0 aliphatic carbocycles. The van der Waals surface area contributed by atoms with Crippen LogP contribution in [0.15, 0.2) is 75.0 Å². The minimum Gasteiger partial charge on any atom is -0.487 e. The summed E-state index contributed by atoms with van der Waals surface area (Å²) in [4.78, 5) is 28.2. The van der Waals surface area contributed by atoms with Crippen LogP contribution in [0.1, 0.15) is 27.3 Å². The van der Waals surface area contributed by atoms with Gasteiger partial charge in [-0.1, -0.05) is 39.7 Å². The normalized spacial score (nSPS) is 11.2. The molecule has 0 unspecified atom stereocenters. The van der Waals surface area contributed by atoms with Crippen molar-refractivity contribution in [2.24, 2.45) is 5.10 Å².